The van der Waals surface area contributed by atoms with Crippen molar-refractivity contribution in [2.75, 3.05) is 20.2 Å². The Bertz CT molecular complexity index is 653. The van der Waals surface area contributed by atoms with Gasteiger partial charge in [0.25, 0.3) is 0 Å². The smallest absolute Gasteiger partial charge is 0.245 e. The van der Waals surface area contributed by atoms with Gasteiger partial charge in [-0.3, -0.25) is 14.4 Å². The van der Waals surface area contributed by atoms with Crippen molar-refractivity contribution in [3.8, 4) is 0 Å². The number of carbonyl (C=O) groups excluding carboxylic acids is 3. The van der Waals surface area contributed by atoms with Crippen molar-refractivity contribution in [2.45, 2.75) is 90.9 Å². The molecule has 0 bridgehead atoms. The van der Waals surface area contributed by atoms with Crippen LogP contribution in [-0.4, -0.2) is 55.2 Å². The lowest BCUT2D eigenvalue weighted by atomic mass is 9.85. The molecule has 0 aromatic heterocycles. The van der Waals surface area contributed by atoms with Gasteiger partial charge in [-0.2, -0.15) is 0 Å². The van der Waals surface area contributed by atoms with E-state index in [1.807, 2.05) is 20.8 Å². The van der Waals surface area contributed by atoms with Gasteiger partial charge in [-0.1, -0.05) is 32.9 Å². The predicted octanol–water partition coefficient (Wildman–Crippen LogP) is 3.08. The summed E-state index contributed by atoms with van der Waals surface area (Å²) < 4.78 is 5.46. The van der Waals surface area contributed by atoms with Gasteiger partial charge in [0.05, 0.1) is 0 Å². The van der Waals surface area contributed by atoms with E-state index in [0.29, 0.717) is 19.6 Å². The molecule has 0 aromatic carbocycles. The summed E-state index contributed by atoms with van der Waals surface area (Å²) in [6.45, 7) is 7.08. The Hall–Kier alpha value is -1.93. The van der Waals surface area contributed by atoms with Crippen LogP contribution in [0.1, 0.15) is 78.6 Å². The van der Waals surface area contributed by atoms with E-state index in [4.69, 9.17) is 9.57 Å². The van der Waals surface area contributed by atoms with Gasteiger partial charge in [-0.25, -0.2) is 10.3 Å². The molecule has 2 N–H and O–H groups in total. The third kappa shape index (κ3) is 8.90. The number of likely N-dealkylation sites (N-methyl/N-ethyl adjacent to an activating group) is 1. The fourth-order valence-corrected chi connectivity index (χ4v) is 3.93. The number of amides is 3. The van der Waals surface area contributed by atoms with Crippen molar-refractivity contribution in [1.29, 1.82) is 0 Å². The van der Waals surface area contributed by atoms with E-state index in [1.165, 1.54) is 0 Å². The van der Waals surface area contributed by atoms with Crippen LogP contribution in [0.3, 0.4) is 0 Å². The number of carbonyl (C=O) groups is 3. The second-order valence-corrected chi connectivity index (χ2v) is 9.95. The molecular weight excluding hydrogens is 410 g/mol. The van der Waals surface area contributed by atoms with Gasteiger partial charge < -0.3 is 15.0 Å². The van der Waals surface area contributed by atoms with Crippen molar-refractivity contribution in [2.24, 2.45) is 11.3 Å². The predicted molar refractivity (Wildman–Crippen MR) is 122 cm³/mol. The van der Waals surface area contributed by atoms with Crippen LogP contribution < -0.4 is 10.8 Å². The van der Waals surface area contributed by atoms with Crippen LogP contribution >= 0.6 is 0 Å². The van der Waals surface area contributed by atoms with Crippen molar-refractivity contribution in [1.82, 2.24) is 15.7 Å². The Morgan fingerprint density at radius 1 is 1.16 bits per heavy atom. The zero-order valence-electron chi connectivity index (χ0n) is 20.2. The SMILES string of the molecule is CN1CCCC=CCCCC(CC(=O)NO[C@H]2CCCCO2)C(=O)NC(C(C)(C)C)C1=O. The first-order chi connectivity index (χ1) is 15.2. The molecule has 0 spiro atoms. The number of nitrogens with zero attached hydrogens (tertiary/aromatic N) is 1. The highest BCUT2D eigenvalue weighted by molar-refractivity contribution is 5.91. The van der Waals surface area contributed by atoms with E-state index in [0.717, 1.165) is 44.9 Å². The van der Waals surface area contributed by atoms with Crippen molar-refractivity contribution < 1.29 is 24.0 Å². The minimum absolute atomic E-state index is 0.00314. The zero-order valence-corrected chi connectivity index (χ0v) is 20.2. The molecule has 2 unspecified atom stereocenters. The fourth-order valence-electron chi connectivity index (χ4n) is 3.93. The van der Waals surface area contributed by atoms with E-state index in [2.05, 4.69) is 22.9 Å². The first kappa shape index (κ1) is 26.3. The van der Waals surface area contributed by atoms with Crippen LogP contribution in [-0.2, 0) is 24.0 Å². The fraction of sp³-hybridized carbons (Fsp3) is 0.792. The second kappa shape index (κ2) is 12.9. The summed E-state index contributed by atoms with van der Waals surface area (Å²) in [6.07, 6.45) is 10.5. The maximum atomic E-state index is 13.2. The average molecular weight is 452 g/mol. The molecule has 8 heteroatoms. The monoisotopic (exact) mass is 451 g/mol. The first-order valence-electron chi connectivity index (χ1n) is 11.9. The maximum absolute atomic E-state index is 13.2. The number of hydrogen-bond acceptors (Lipinski definition) is 5. The highest BCUT2D eigenvalue weighted by Gasteiger charge is 2.36. The molecule has 182 valence electrons. The van der Waals surface area contributed by atoms with Gasteiger partial charge in [-0.15, -0.1) is 0 Å². The van der Waals surface area contributed by atoms with Gasteiger partial charge in [0, 0.05) is 39.0 Å². The molecule has 2 aliphatic heterocycles. The van der Waals surface area contributed by atoms with Gasteiger partial charge in [-0.05, 0) is 50.4 Å². The van der Waals surface area contributed by atoms with E-state index in [-0.39, 0.29) is 24.1 Å². The Balaban J connectivity index is 2.07. The summed E-state index contributed by atoms with van der Waals surface area (Å²) in [4.78, 5) is 45.9. The van der Waals surface area contributed by atoms with Crippen LogP contribution in [0.2, 0.25) is 0 Å². The van der Waals surface area contributed by atoms with Crippen LogP contribution in [0.25, 0.3) is 0 Å². The van der Waals surface area contributed by atoms with E-state index in [1.54, 1.807) is 11.9 Å². The minimum atomic E-state index is -0.657. The molecule has 0 radical (unpaired) electrons. The summed E-state index contributed by atoms with van der Waals surface area (Å²) in [7, 11) is 1.78. The van der Waals surface area contributed by atoms with Crippen LogP contribution in [0.15, 0.2) is 12.2 Å². The molecule has 0 saturated carbocycles. The molecule has 8 nitrogen and oxygen atoms in total. The lowest BCUT2D eigenvalue weighted by Crippen LogP contribution is -2.55. The molecule has 2 rings (SSSR count). The number of hydroxylamine groups is 1. The van der Waals surface area contributed by atoms with Crippen LogP contribution in [0.4, 0.5) is 0 Å². The Morgan fingerprint density at radius 2 is 1.88 bits per heavy atom. The zero-order chi connectivity index (χ0) is 23.6. The average Bonchev–Trinajstić information content (AvgIpc) is 2.75. The summed E-state index contributed by atoms with van der Waals surface area (Å²) in [5.41, 5.74) is 2.00. The largest absolute Gasteiger partial charge is 0.350 e. The number of nitrogens with one attached hydrogen (secondary N) is 2. The quantitative estimate of drug-likeness (QED) is 0.506. The number of hydrogen-bond donors (Lipinski definition) is 2. The molecule has 2 aliphatic rings. The first-order valence-corrected chi connectivity index (χ1v) is 11.9. The van der Waals surface area contributed by atoms with Crippen molar-refractivity contribution >= 4 is 17.7 Å². The summed E-state index contributed by atoms with van der Waals surface area (Å²) in [5, 5.41) is 2.96. The van der Waals surface area contributed by atoms with Crippen molar-refractivity contribution in [3.05, 3.63) is 12.2 Å². The molecule has 3 amide bonds. The molecule has 2 heterocycles. The standard InChI is InChI=1S/C24H41N3O5/c1-24(2,3)21-23(30)27(4)15-11-8-6-5-7-9-13-18(22(29)25-21)17-19(28)26-32-20-14-10-12-16-31-20/h5-6,18,20-21H,7-17H2,1-4H3,(H,25,29)(H,26,28)/t18?,20-,21?/m0/s1. The van der Waals surface area contributed by atoms with Crippen LogP contribution in [0.5, 0.6) is 0 Å². The second-order valence-electron chi connectivity index (χ2n) is 9.95. The topological polar surface area (TPSA) is 97.0 Å². The van der Waals surface area contributed by atoms with Gasteiger partial charge in [0.1, 0.15) is 6.04 Å². The summed E-state index contributed by atoms with van der Waals surface area (Å²) in [6, 6.07) is -0.657. The highest BCUT2D eigenvalue weighted by Crippen LogP contribution is 2.23. The number of ether oxygens (including phenoxy) is 1. The normalized spacial score (nSPS) is 26.9. The van der Waals surface area contributed by atoms with Crippen LogP contribution in [0, 0.1) is 11.3 Å². The molecule has 32 heavy (non-hydrogen) atoms. The Kier molecular flexibility index (Phi) is 10.6. The van der Waals surface area contributed by atoms with E-state index in [9.17, 15) is 14.4 Å². The lowest BCUT2D eigenvalue weighted by Gasteiger charge is -2.34. The summed E-state index contributed by atoms with van der Waals surface area (Å²) in [5.74, 6) is -1.26. The Labute approximate surface area is 192 Å². The molecule has 1 saturated heterocycles. The van der Waals surface area contributed by atoms with Crippen molar-refractivity contribution in [3.63, 3.8) is 0 Å². The molecule has 0 aromatic rings. The van der Waals surface area contributed by atoms with E-state index >= 15 is 0 Å². The van der Waals surface area contributed by atoms with Gasteiger partial charge in [0.15, 0.2) is 6.29 Å². The number of rotatable bonds is 4. The van der Waals surface area contributed by atoms with Gasteiger partial charge >= 0.3 is 0 Å². The third-order valence-electron chi connectivity index (χ3n) is 5.97. The maximum Gasteiger partial charge on any atom is 0.245 e. The lowest BCUT2D eigenvalue weighted by molar-refractivity contribution is -0.200. The molecule has 0 aliphatic carbocycles. The third-order valence-corrected chi connectivity index (χ3v) is 5.97. The summed E-state index contributed by atoms with van der Waals surface area (Å²) >= 11 is 0. The highest BCUT2D eigenvalue weighted by atomic mass is 16.8. The Morgan fingerprint density at radius 3 is 2.53 bits per heavy atom. The van der Waals surface area contributed by atoms with E-state index < -0.39 is 23.7 Å². The molecular formula is C24H41N3O5. The molecule has 3 atom stereocenters. The van der Waals surface area contributed by atoms with Gasteiger partial charge in [0.2, 0.25) is 17.7 Å². The number of allylic oxidation sites excluding steroid dienone is 2. The minimum Gasteiger partial charge on any atom is -0.350 e. The molecule has 1 fully saturated rings.